The number of nitrogens with zero attached hydrogens (tertiary/aromatic N) is 1. The summed E-state index contributed by atoms with van der Waals surface area (Å²) in [7, 11) is 1.98. The highest BCUT2D eigenvalue weighted by molar-refractivity contribution is 5.80. The summed E-state index contributed by atoms with van der Waals surface area (Å²) < 4.78 is 0. The molecule has 5 nitrogen and oxygen atoms in total. The Morgan fingerprint density at radius 1 is 0.875 bits per heavy atom. The lowest BCUT2D eigenvalue weighted by atomic mass is 9.84. The van der Waals surface area contributed by atoms with Crippen molar-refractivity contribution in [2.24, 2.45) is 11.8 Å². The molecular formula is C19H33N3O2. The van der Waals surface area contributed by atoms with Gasteiger partial charge in [-0.3, -0.25) is 9.59 Å². The van der Waals surface area contributed by atoms with Gasteiger partial charge in [-0.1, -0.05) is 12.8 Å². The van der Waals surface area contributed by atoms with E-state index in [1.807, 2.05) is 11.9 Å². The fourth-order valence-electron chi connectivity index (χ4n) is 4.65. The molecule has 0 aromatic carbocycles. The van der Waals surface area contributed by atoms with Crippen LogP contribution in [0.25, 0.3) is 0 Å². The smallest absolute Gasteiger partial charge is 0.225 e. The van der Waals surface area contributed by atoms with Crippen LogP contribution in [0.5, 0.6) is 0 Å². The highest BCUT2D eigenvalue weighted by Crippen LogP contribution is 2.29. The zero-order valence-electron chi connectivity index (χ0n) is 15.1. The van der Waals surface area contributed by atoms with Gasteiger partial charge in [0.05, 0.1) is 0 Å². The van der Waals surface area contributed by atoms with Crippen LogP contribution in [-0.2, 0) is 9.59 Å². The van der Waals surface area contributed by atoms with Crippen LogP contribution in [0.2, 0.25) is 0 Å². The third-order valence-electron chi connectivity index (χ3n) is 6.35. The highest BCUT2D eigenvalue weighted by Gasteiger charge is 2.32. The summed E-state index contributed by atoms with van der Waals surface area (Å²) in [6, 6.07) is 0.685. The van der Waals surface area contributed by atoms with Crippen molar-refractivity contribution >= 4 is 11.8 Å². The number of hydrogen-bond donors (Lipinski definition) is 2. The third kappa shape index (κ3) is 4.29. The number of amides is 2. The fourth-order valence-corrected chi connectivity index (χ4v) is 4.65. The van der Waals surface area contributed by atoms with Gasteiger partial charge < -0.3 is 15.5 Å². The fraction of sp³-hybridized carbons (Fsp3) is 0.895. The molecule has 0 bridgehead atoms. The van der Waals surface area contributed by atoms with Gasteiger partial charge in [-0.25, -0.2) is 0 Å². The molecule has 1 aliphatic heterocycles. The van der Waals surface area contributed by atoms with Crippen molar-refractivity contribution < 1.29 is 9.59 Å². The van der Waals surface area contributed by atoms with Crippen molar-refractivity contribution in [3.8, 4) is 0 Å². The van der Waals surface area contributed by atoms with E-state index in [4.69, 9.17) is 0 Å². The minimum Gasteiger partial charge on any atom is -0.353 e. The minimum atomic E-state index is 0.157. The molecule has 3 rings (SSSR count). The van der Waals surface area contributed by atoms with Crippen molar-refractivity contribution in [1.29, 1.82) is 0 Å². The van der Waals surface area contributed by atoms with Crippen molar-refractivity contribution in [3.05, 3.63) is 0 Å². The van der Waals surface area contributed by atoms with E-state index in [0.29, 0.717) is 11.9 Å². The van der Waals surface area contributed by atoms with Crippen LogP contribution < -0.4 is 10.6 Å². The van der Waals surface area contributed by atoms with Gasteiger partial charge in [0.25, 0.3) is 0 Å². The Balaban J connectivity index is 1.42. The van der Waals surface area contributed by atoms with Crippen molar-refractivity contribution in [2.45, 2.75) is 76.3 Å². The molecule has 136 valence electrons. The van der Waals surface area contributed by atoms with Crippen LogP contribution in [-0.4, -0.2) is 48.9 Å². The summed E-state index contributed by atoms with van der Waals surface area (Å²) in [5.41, 5.74) is 0. The normalized spacial score (nSPS) is 29.4. The average Bonchev–Trinajstić information content (AvgIpc) is 3.17. The molecule has 5 heteroatoms. The SMILES string of the molecule is CN(C(=O)C1CCC(NC(=O)C2CCCC2)CC1)C1CCNCC1. The topological polar surface area (TPSA) is 61.4 Å². The Bertz CT molecular complexity index is 434. The van der Waals surface area contributed by atoms with Gasteiger partial charge in [0, 0.05) is 31.0 Å². The predicted octanol–water partition coefficient (Wildman–Crippen LogP) is 2.06. The Labute approximate surface area is 145 Å². The standard InChI is InChI=1S/C19H33N3O2/c1-22(17-10-12-20-13-11-17)19(24)15-6-8-16(9-7-15)21-18(23)14-4-2-3-5-14/h14-17,20H,2-13H2,1H3,(H,21,23). The first kappa shape index (κ1) is 17.7. The molecule has 0 radical (unpaired) electrons. The Kier molecular flexibility index (Phi) is 6.14. The van der Waals surface area contributed by atoms with Gasteiger partial charge >= 0.3 is 0 Å². The molecule has 0 atom stereocenters. The van der Waals surface area contributed by atoms with Crippen molar-refractivity contribution in [2.75, 3.05) is 20.1 Å². The van der Waals surface area contributed by atoms with E-state index in [2.05, 4.69) is 10.6 Å². The van der Waals surface area contributed by atoms with Crippen LogP contribution in [0.1, 0.15) is 64.2 Å². The maximum Gasteiger partial charge on any atom is 0.225 e. The van der Waals surface area contributed by atoms with E-state index in [-0.39, 0.29) is 23.8 Å². The van der Waals surface area contributed by atoms with E-state index in [0.717, 1.165) is 64.5 Å². The van der Waals surface area contributed by atoms with Gasteiger partial charge in [0.15, 0.2) is 0 Å². The van der Waals surface area contributed by atoms with Crippen LogP contribution in [0, 0.1) is 11.8 Å². The Hall–Kier alpha value is -1.10. The molecule has 1 saturated heterocycles. The Morgan fingerprint density at radius 3 is 2.12 bits per heavy atom. The highest BCUT2D eigenvalue weighted by atomic mass is 16.2. The van der Waals surface area contributed by atoms with Crippen molar-refractivity contribution in [1.82, 2.24) is 15.5 Å². The summed E-state index contributed by atoms with van der Waals surface area (Å²) in [5.74, 6) is 0.983. The molecule has 1 heterocycles. The number of piperidine rings is 1. The number of nitrogens with one attached hydrogen (secondary N) is 2. The summed E-state index contributed by atoms with van der Waals surface area (Å²) in [6.07, 6.45) is 10.4. The summed E-state index contributed by atoms with van der Waals surface area (Å²) in [5, 5.41) is 6.60. The van der Waals surface area contributed by atoms with E-state index in [1.165, 1.54) is 12.8 Å². The third-order valence-corrected chi connectivity index (χ3v) is 6.35. The maximum atomic E-state index is 12.8. The summed E-state index contributed by atoms with van der Waals surface area (Å²) in [4.78, 5) is 27.0. The van der Waals surface area contributed by atoms with Crippen LogP contribution in [0.15, 0.2) is 0 Å². The zero-order valence-corrected chi connectivity index (χ0v) is 15.1. The first-order valence-electron chi connectivity index (χ1n) is 9.93. The number of carbonyl (C=O) groups excluding carboxylic acids is 2. The number of hydrogen-bond acceptors (Lipinski definition) is 3. The van der Waals surface area contributed by atoms with Crippen LogP contribution in [0.4, 0.5) is 0 Å². The predicted molar refractivity (Wildman–Crippen MR) is 94.5 cm³/mol. The second-order valence-corrected chi connectivity index (χ2v) is 7.97. The molecule has 2 aliphatic carbocycles. The largest absolute Gasteiger partial charge is 0.353 e. The molecule has 0 unspecified atom stereocenters. The molecule has 3 aliphatic rings. The van der Waals surface area contributed by atoms with Gasteiger partial charge in [0.2, 0.25) is 11.8 Å². The quantitative estimate of drug-likeness (QED) is 0.827. The summed E-state index contributed by atoms with van der Waals surface area (Å²) >= 11 is 0. The molecule has 24 heavy (non-hydrogen) atoms. The molecule has 2 amide bonds. The minimum absolute atomic E-state index is 0.157. The lowest BCUT2D eigenvalue weighted by Gasteiger charge is -2.36. The monoisotopic (exact) mass is 335 g/mol. The van der Waals surface area contributed by atoms with Crippen LogP contribution >= 0.6 is 0 Å². The van der Waals surface area contributed by atoms with Gasteiger partial charge in [0.1, 0.15) is 0 Å². The van der Waals surface area contributed by atoms with Crippen molar-refractivity contribution in [3.63, 3.8) is 0 Å². The van der Waals surface area contributed by atoms with E-state index >= 15 is 0 Å². The maximum absolute atomic E-state index is 12.8. The van der Waals surface area contributed by atoms with Crippen LogP contribution in [0.3, 0.4) is 0 Å². The number of rotatable bonds is 4. The van der Waals surface area contributed by atoms with Gasteiger partial charge in [-0.2, -0.15) is 0 Å². The second-order valence-electron chi connectivity index (χ2n) is 7.97. The van der Waals surface area contributed by atoms with Gasteiger partial charge in [-0.15, -0.1) is 0 Å². The molecule has 0 aromatic heterocycles. The molecule has 2 saturated carbocycles. The Morgan fingerprint density at radius 2 is 1.50 bits per heavy atom. The second kappa shape index (κ2) is 8.32. The lowest BCUT2D eigenvalue weighted by Crippen LogP contribution is -2.47. The molecule has 3 fully saturated rings. The number of carbonyl (C=O) groups is 2. The van der Waals surface area contributed by atoms with E-state index in [9.17, 15) is 9.59 Å². The first-order chi connectivity index (χ1) is 11.6. The van der Waals surface area contributed by atoms with E-state index in [1.54, 1.807) is 0 Å². The average molecular weight is 335 g/mol. The zero-order chi connectivity index (χ0) is 16.9. The molecule has 0 spiro atoms. The van der Waals surface area contributed by atoms with Gasteiger partial charge in [-0.05, 0) is 64.5 Å². The first-order valence-corrected chi connectivity index (χ1v) is 9.93. The van der Waals surface area contributed by atoms with E-state index < -0.39 is 0 Å². The lowest BCUT2D eigenvalue weighted by molar-refractivity contribution is -0.138. The molecular weight excluding hydrogens is 302 g/mol. The summed E-state index contributed by atoms with van der Waals surface area (Å²) in [6.45, 7) is 2.03. The molecule has 2 N–H and O–H groups in total. The molecule has 0 aromatic rings.